The number of carbonyl (C=O) groups excluding carboxylic acids is 1. The highest BCUT2D eigenvalue weighted by Gasteiger charge is 2.18. The van der Waals surface area contributed by atoms with Crippen LogP contribution in [0.25, 0.3) is 0 Å². The van der Waals surface area contributed by atoms with Gasteiger partial charge in [0.15, 0.2) is 6.10 Å². The Hall–Kier alpha value is -2.29. The Morgan fingerprint density at radius 3 is 2.35 bits per heavy atom. The van der Waals surface area contributed by atoms with Crippen molar-refractivity contribution < 1.29 is 9.53 Å². The molecule has 2 rings (SSSR count). The van der Waals surface area contributed by atoms with Crippen molar-refractivity contribution in [2.45, 2.75) is 45.6 Å². The first-order chi connectivity index (χ1) is 11.2. The quantitative estimate of drug-likeness (QED) is 0.758. The van der Waals surface area contributed by atoms with E-state index in [-0.39, 0.29) is 5.91 Å². The predicted molar refractivity (Wildman–Crippen MR) is 94.8 cm³/mol. The molecule has 0 saturated heterocycles. The molecule has 0 aliphatic heterocycles. The summed E-state index contributed by atoms with van der Waals surface area (Å²) >= 11 is 0. The first-order valence-electron chi connectivity index (χ1n) is 8.34. The minimum absolute atomic E-state index is 0.113. The zero-order valence-corrected chi connectivity index (χ0v) is 13.9. The highest BCUT2D eigenvalue weighted by atomic mass is 16.5. The lowest BCUT2D eigenvalue weighted by Crippen LogP contribution is -2.32. The Morgan fingerprint density at radius 2 is 1.74 bits per heavy atom. The molecule has 0 radical (unpaired) electrons. The van der Waals surface area contributed by atoms with Crippen LogP contribution in [0.15, 0.2) is 54.6 Å². The van der Waals surface area contributed by atoms with E-state index in [2.05, 4.69) is 24.4 Å². The van der Waals surface area contributed by atoms with Crippen LogP contribution in [0.4, 0.5) is 5.69 Å². The van der Waals surface area contributed by atoms with Gasteiger partial charge in [-0.15, -0.1) is 0 Å². The van der Waals surface area contributed by atoms with Gasteiger partial charge in [0.25, 0.3) is 5.91 Å². The molecule has 0 aliphatic carbocycles. The molecule has 3 nitrogen and oxygen atoms in total. The Kier molecular flexibility index (Phi) is 6.67. The number of hydrogen-bond donors (Lipinski definition) is 1. The van der Waals surface area contributed by atoms with Crippen LogP contribution in [0, 0.1) is 0 Å². The molecule has 122 valence electrons. The fourth-order valence-electron chi connectivity index (χ4n) is 2.34. The van der Waals surface area contributed by atoms with Crippen LogP contribution in [0.2, 0.25) is 0 Å². The third-order valence-corrected chi connectivity index (χ3v) is 3.73. The molecule has 0 heterocycles. The molecule has 1 N–H and O–H groups in total. The van der Waals surface area contributed by atoms with Crippen LogP contribution in [0.1, 0.15) is 38.7 Å². The molecule has 0 saturated carbocycles. The maximum absolute atomic E-state index is 12.4. The summed E-state index contributed by atoms with van der Waals surface area (Å²) in [5, 5.41) is 2.93. The fourth-order valence-corrected chi connectivity index (χ4v) is 2.34. The molecule has 1 amide bonds. The summed E-state index contributed by atoms with van der Waals surface area (Å²) in [5.41, 5.74) is 2.11. The number of ether oxygens (including phenoxy) is 1. The molecule has 2 aromatic rings. The zero-order valence-electron chi connectivity index (χ0n) is 13.9. The van der Waals surface area contributed by atoms with E-state index in [9.17, 15) is 4.79 Å². The number of para-hydroxylation sites is 1. The van der Waals surface area contributed by atoms with E-state index in [0.717, 1.165) is 12.1 Å². The van der Waals surface area contributed by atoms with Gasteiger partial charge in [0.2, 0.25) is 0 Å². The Morgan fingerprint density at radius 1 is 1.04 bits per heavy atom. The Labute approximate surface area is 138 Å². The predicted octanol–water partition coefficient (Wildman–Crippen LogP) is 4.83. The van der Waals surface area contributed by atoms with E-state index in [0.29, 0.717) is 12.2 Å². The van der Waals surface area contributed by atoms with Gasteiger partial charge in [0.1, 0.15) is 5.75 Å². The molecular weight excluding hydrogens is 286 g/mol. The molecule has 1 atom stereocenters. The van der Waals surface area contributed by atoms with Crippen molar-refractivity contribution >= 4 is 11.6 Å². The minimum atomic E-state index is -0.489. The summed E-state index contributed by atoms with van der Waals surface area (Å²) in [5.74, 6) is 0.599. The summed E-state index contributed by atoms with van der Waals surface area (Å²) < 4.78 is 5.76. The third kappa shape index (κ3) is 5.44. The standard InChI is InChI=1S/C20H25NO2/c1-3-5-9-16-12-14-17(15-13-16)21-20(22)19(4-2)23-18-10-7-6-8-11-18/h6-8,10-15,19H,3-5,9H2,1-2H3,(H,21,22)/t19-/m0/s1. The topological polar surface area (TPSA) is 38.3 Å². The number of benzene rings is 2. The lowest BCUT2D eigenvalue weighted by atomic mass is 10.1. The maximum atomic E-state index is 12.4. The summed E-state index contributed by atoms with van der Waals surface area (Å²) in [6.07, 6.45) is 3.59. The van der Waals surface area contributed by atoms with Crippen LogP contribution >= 0.6 is 0 Å². The number of carbonyl (C=O) groups is 1. The second-order valence-corrected chi connectivity index (χ2v) is 5.62. The van der Waals surface area contributed by atoms with Crippen molar-refractivity contribution in [1.29, 1.82) is 0 Å². The van der Waals surface area contributed by atoms with Gasteiger partial charge in [-0.3, -0.25) is 4.79 Å². The normalized spacial score (nSPS) is 11.7. The van der Waals surface area contributed by atoms with Crippen molar-refractivity contribution in [1.82, 2.24) is 0 Å². The number of anilines is 1. The summed E-state index contributed by atoms with van der Waals surface area (Å²) in [7, 11) is 0. The lowest BCUT2D eigenvalue weighted by Gasteiger charge is -2.17. The van der Waals surface area contributed by atoms with Crippen molar-refractivity contribution in [3.05, 3.63) is 60.2 Å². The summed E-state index contributed by atoms with van der Waals surface area (Å²) in [4.78, 5) is 12.4. The molecule has 3 heteroatoms. The van der Waals surface area contributed by atoms with Gasteiger partial charge in [-0.05, 0) is 49.1 Å². The highest BCUT2D eigenvalue weighted by molar-refractivity contribution is 5.94. The maximum Gasteiger partial charge on any atom is 0.265 e. The van der Waals surface area contributed by atoms with Crippen molar-refractivity contribution in [2.75, 3.05) is 5.32 Å². The second-order valence-electron chi connectivity index (χ2n) is 5.62. The van der Waals surface area contributed by atoms with Crippen LogP contribution < -0.4 is 10.1 Å². The van der Waals surface area contributed by atoms with Gasteiger partial charge in [-0.2, -0.15) is 0 Å². The first-order valence-corrected chi connectivity index (χ1v) is 8.34. The van der Waals surface area contributed by atoms with Gasteiger partial charge in [-0.25, -0.2) is 0 Å². The largest absolute Gasteiger partial charge is 0.481 e. The fraction of sp³-hybridized carbons (Fsp3) is 0.350. The summed E-state index contributed by atoms with van der Waals surface area (Å²) in [6, 6.07) is 17.5. The SMILES string of the molecule is CCCCc1ccc(NC(=O)[C@H](CC)Oc2ccccc2)cc1. The zero-order chi connectivity index (χ0) is 16.5. The molecule has 2 aromatic carbocycles. The number of aryl methyl sites for hydroxylation is 1. The van der Waals surface area contributed by atoms with E-state index in [4.69, 9.17) is 4.74 Å². The number of nitrogens with one attached hydrogen (secondary N) is 1. The van der Waals surface area contributed by atoms with Gasteiger partial charge in [0, 0.05) is 5.69 Å². The lowest BCUT2D eigenvalue weighted by molar-refractivity contribution is -0.122. The van der Waals surface area contributed by atoms with Crippen LogP contribution in [-0.4, -0.2) is 12.0 Å². The smallest absolute Gasteiger partial charge is 0.265 e. The van der Waals surface area contributed by atoms with Gasteiger partial charge in [0.05, 0.1) is 0 Å². The molecule has 23 heavy (non-hydrogen) atoms. The Balaban J connectivity index is 1.93. The van der Waals surface area contributed by atoms with E-state index in [1.54, 1.807) is 0 Å². The number of hydrogen-bond acceptors (Lipinski definition) is 2. The van der Waals surface area contributed by atoms with Crippen molar-refractivity contribution in [3.8, 4) is 5.75 Å². The molecule has 0 bridgehead atoms. The Bertz CT molecular complexity index is 593. The van der Waals surface area contributed by atoms with Crippen molar-refractivity contribution in [2.24, 2.45) is 0 Å². The van der Waals surface area contributed by atoms with Crippen molar-refractivity contribution in [3.63, 3.8) is 0 Å². The monoisotopic (exact) mass is 311 g/mol. The van der Waals surface area contributed by atoms with Gasteiger partial charge >= 0.3 is 0 Å². The minimum Gasteiger partial charge on any atom is -0.481 e. The van der Waals surface area contributed by atoms with Crippen LogP contribution in [0.3, 0.4) is 0 Å². The van der Waals surface area contributed by atoms with E-state index in [1.165, 1.54) is 18.4 Å². The average Bonchev–Trinajstić information content (AvgIpc) is 2.60. The average molecular weight is 311 g/mol. The summed E-state index contributed by atoms with van der Waals surface area (Å²) in [6.45, 7) is 4.13. The molecule has 0 fully saturated rings. The van der Waals surface area contributed by atoms with E-state index >= 15 is 0 Å². The molecule has 0 spiro atoms. The molecule has 0 aromatic heterocycles. The first kappa shape index (κ1) is 17.1. The van der Waals surface area contributed by atoms with E-state index < -0.39 is 6.10 Å². The van der Waals surface area contributed by atoms with Crippen LogP contribution in [0.5, 0.6) is 5.75 Å². The van der Waals surface area contributed by atoms with Crippen LogP contribution in [-0.2, 0) is 11.2 Å². The second kappa shape index (κ2) is 8.99. The van der Waals surface area contributed by atoms with E-state index in [1.807, 2.05) is 49.4 Å². The molecule has 0 unspecified atom stereocenters. The van der Waals surface area contributed by atoms with Gasteiger partial charge in [-0.1, -0.05) is 50.6 Å². The number of unbranched alkanes of at least 4 members (excludes halogenated alkanes) is 1. The number of amides is 1. The number of rotatable bonds is 8. The molecule has 0 aliphatic rings. The highest BCUT2D eigenvalue weighted by Crippen LogP contribution is 2.16. The molecular formula is C20H25NO2. The third-order valence-electron chi connectivity index (χ3n) is 3.73. The van der Waals surface area contributed by atoms with Gasteiger partial charge < -0.3 is 10.1 Å².